The third kappa shape index (κ3) is 5.28. The average molecular weight is 478 g/mol. The number of ether oxygens (including phenoxy) is 1. The molecule has 0 aliphatic carbocycles. The largest absolute Gasteiger partial charge is 0.497 e. The maximum Gasteiger partial charge on any atom is 0.293 e. The molecule has 2 saturated heterocycles. The smallest absolute Gasteiger partial charge is 0.293 e. The number of rotatable bonds is 7. The molecule has 3 heterocycles. The molecule has 2 N–H and O–H groups in total. The molecule has 0 amide bonds. The Morgan fingerprint density at radius 1 is 1.11 bits per heavy atom. The van der Waals surface area contributed by atoms with Crippen LogP contribution in [-0.2, 0) is 6.54 Å². The van der Waals surface area contributed by atoms with Crippen molar-refractivity contribution in [2.75, 3.05) is 56.6 Å². The topological polar surface area (TPSA) is 109 Å². The molecule has 0 saturated carbocycles. The normalized spacial score (nSPS) is 17.5. The zero-order valence-electron chi connectivity index (χ0n) is 19.9. The van der Waals surface area contributed by atoms with Crippen LogP contribution in [0.1, 0.15) is 18.4 Å². The Morgan fingerprint density at radius 2 is 1.86 bits per heavy atom. The summed E-state index contributed by atoms with van der Waals surface area (Å²) in [5, 5.41) is 19.5. The molecular formula is C25H31N7O3. The first kappa shape index (κ1) is 23.3. The minimum atomic E-state index is -0.300. The van der Waals surface area contributed by atoms with E-state index in [1.54, 1.807) is 13.2 Å². The zero-order chi connectivity index (χ0) is 24.2. The molecule has 10 nitrogen and oxygen atoms in total. The Hall–Kier alpha value is -3.50. The lowest BCUT2D eigenvalue weighted by Gasteiger charge is -2.33. The first-order valence-corrected chi connectivity index (χ1v) is 12.1. The van der Waals surface area contributed by atoms with E-state index in [-0.39, 0.29) is 16.7 Å². The van der Waals surface area contributed by atoms with Gasteiger partial charge in [0.25, 0.3) is 5.69 Å². The number of fused-ring (bicyclic) bond motifs is 1. The summed E-state index contributed by atoms with van der Waals surface area (Å²) >= 11 is 0. The molecule has 10 heteroatoms. The van der Waals surface area contributed by atoms with Crippen molar-refractivity contribution >= 4 is 28.1 Å². The van der Waals surface area contributed by atoms with Gasteiger partial charge in [-0.1, -0.05) is 12.1 Å². The van der Waals surface area contributed by atoms with E-state index >= 15 is 0 Å². The van der Waals surface area contributed by atoms with Crippen LogP contribution in [0.4, 0.5) is 17.2 Å². The average Bonchev–Trinajstić information content (AvgIpc) is 2.90. The molecule has 2 fully saturated rings. The van der Waals surface area contributed by atoms with E-state index in [2.05, 4.69) is 42.5 Å². The van der Waals surface area contributed by atoms with Crippen LogP contribution < -0.4 is 20.3 Å². The lowest BCUT2D eigenvalue weighted by Crippen LogP contribution is -2.43. The number of likely N-dealkylation sites (tertiary alicyclic amines) is 1. The first-order valence-electron chi connectivity index (χ1n) is 12.1. The van der Waals surface area contributed by atoms with Gasteiger partial charge in [0.2, 0.25) is 0 Å². The molecule has 5 rings (SSSR count). The number of nitrogens with zero attached hydrogens (tertiary/aromatic N) is 5. The number of piperazine rings is 1. The second kappa shape index (κ2) is 10.4. The van der Waals surface area contributed by atoms with Crippen molar-refractivity contribution in [2.45, 2.75) is 25.4 Å². The summed E-state index contributed by atoms with van der Waals surface area (Å²) < 4.78 is 5.24. The monoisotopic (exact) mass is 477 g/mol. The highest BCUT2D eigenvalue weighted by molar-refractivity contribution is 5.94. The number of anilines is 2. The van der Waals surface area contributed by atoms with Crippen molar-refractivity contribution in [2.24, 2.45) is 0 Å². The van der Waals surface area contributed by atoms with E-state index < -0.39 is 0 Å². The fourth-order valence-electron chi connectivity index (χ4n) is 4.92. The predicted molar refractivity (Wildman–Crippen MR) is 136 cm³/mol. The maximum atomic E-state index is 11.9. The van der Waals surface area contributed by atoms with Crippen molar-refractivity contribution < 1.29 is 9.66 Å². The summed E-state index contributed by atoms with van der Waals surface area (Å²) in [6, 6.07) is 11.9. The number of nitrogens with one attached hydrogen (secondary N) is 2. The molecule has 0 spiro atoms. The lowest BCUT2D eigenvalue weighted by molar-refractivity contribution is -0.384. The van der Waals surface area contributed by atoms with E-state index in [4.69, 9.17) is 4.74 Å². The van der Waals surface area contributed by atoms with E-state index in [1.165, 1.54) is 11.9 Å². The van der Waals surface area contributed by atoms with Crippen LogP contribution >= 0.6 is 0 Å². The Morgan fingerprint density at radius 3 is 2.54 bits per heavy atom. The van der Waals surface area contributed by atoms with Gasteiger partial charge in [-0.3, -0.25) is 15.0 Å². The van der Waals surface area contributed by atoms with Crippen molar-refractivity contribution in [3.05, 3.63) is 58.4 Å². The van der Waals surface area contributed by atoms with Crippen LogP contribution in [-0.4, -0.2) is 72.2 Å². The highest BCUT2D eigenvalue weighted by atomic mass is 16.6. The minimum absolute atomic E-state index is 0.103. The molecule has 35 heavy (non-hydrogen) atoms. The molecule has 2 aromatic carbocycles. The molecule has 0 atom stereocenters. The molecule has 0 radical (unpaired) electrons. The van der Waals surface area contributed by atoms with Crippen molar-refractivity contribution in [1.82, 2.24) is 20.2 Å². The second-order valence-corrected chi connectivity index (χ2v) is 9.12. The molecule has 2 aliphatic rings. The summed E-state index contributed by atoms with van der Waals surface area (Å²) in [5.74, 6) is 1.53. The van der Waals surface area contributed by atoms with E-state index in [9.17, 15) is 10.1 Å². The van der Waals surface area contributed by atoms with Crippen molar-refractivity contribution in [3.8, 4) is 5.75 Å². The van der Waals surface area contributed by atoms with Gasteiger partial charge >= 0.3 is 0 Å². The number of hydrogen-bond acceptors (Lipinski definition) is 9. The molecule has 1 aromatic heterocycles. The molecule has 184 valence electrons. The van der Waals surface area contributed by atoms with Crippen LogP contribution in [0.25, 0.3) is 10.9 Å². The van der Waals surface area contributed by atoms with Crippen LogP contribution in [0.3, 0.4) is 0 Å². The van der Waals surface area contributed by atoms with Crippen LogP contribution in [0.5, 0.6) is 5.75 Å². The van der Waals surface area contributed by atoms with Crippen LogP contribution in [0.15, 0.2) is 42.7 Å². The lowest BCUT2D eigenvalue weighted by atomic mass is 10.0. The maximum absolute atomic E-state index is 11.9. The van der Waals surface area contributed by atoms with Crippen LogP contribution in [0.2, 0.25) is 0 Å². The highest BCUT2D eigenvalue weighted by Gasteiger charge is 2.25. The summed E-state index contributed by atoms with van der Waals surface area (Å²) in [6.07, 6.45) is 3.49. The third-order valence-corrected chi connectivity index (χ3v) is 6.88. The van der Waals surface area contributed by atoms with E-state index in [1.807, 2.05) is 18.2 Å². The number of piperidine rings is 1. The Bertz CT molecular complexity index is 1170. The summed E-state index contributed by atoms with van der Waals surface area (Å²) in [6.45, 7) is 5.94. The molecular weight excluding hydrogens is 446 g/mol. The van der Waals surface area contributed by atoms with Gasteiger partial charge in [-0.2, -0.15) is 0 Å². The molecule has 3 aromatic rings. The first-order chi connectivity index (χ1) is 17.1. The van der Waals surface area contributed by atoms with E-state index in [0.29, 0.717) is 16.9 Å². The standard InChI is InChI=1S/C25H31N7O3/c1-35-20-4-2-18(3-5-20)16-30-10-6-19(7-11-30)29-25-21-14-24(32(33)34)23(15-22(21)27-17-28-25)31-12-8-26-9-13-31/h2-5,14-15,17,19,26H,6-13,16H2,1H3,(H,27,28,29). The van der Waals surface area contributed by atoms with Gasteiger partial charge in [0.1, 0.15) is 23.6 Å². The minimum Gasteiger partial charge on any atom is -0.497 e. The number of benzene rings is 2. The number of methoxy groups -OCH3 is 1. The fraction of sp³-hybridized carbons (Fsp3) is 0.440. The van der Waals surface area contributed by atoms with Crippen molar-refractivity contribution in [1.29, 1.82) is 0 Å². The van der Waals surface area contributed by atoms with Gasteiger partial charge in [0.05, 0.1) is 17.5 Å². The molecule has 2 aliphatic heterocycles. The Kier molecular flexibility index (Phi) is 6.91. The number of hydrogen-bond donors (Lipinski definition) is 2. The zero-order valence-corrected chi connectivity index (χ0v) is 19.9. The van der Waals surface area contributed by atoms with Crippen molar-refractivity contribution in [3.63, 3.8) is 0 Å². The Labute approximate surface area is 204 Å². The predicted octanol–water partition coefficient (Wildman–Crippen LogP) is 3.03. The SMILES string of the molecule is COc1ccc(CN2CCC(Nc3ncnc4cc(N5CCNCC5)c([N+](=O)[O-])cc34)CC2)cc1. The van der Waals surface area contributed by atoms with Gasteiger partial charge in [0.15, 0.2) is 0 Å². The van der Waals surface area contributed by atoms with E-state index in [0.717, 1.165) is 69.9 Å². The molecule has 0 bridgehead atoms. The highest BCUT2D eigenvalue weighted by Crippen LogP contribution is 2.35. The second-order valence-electron chi connectivity index (χ2n) is 9.12. The quantitative estimate of drug-likeness (QED) is 0.392. The third-order valence-electron chi connectivity index (χ3n) is 6.88. The van der Waals surface area contributed by atoms with Crippen LogP contribution in [0, 0.1) is 10.1 Å². The van der Waals surface area contributed by atoms with Gasteiger partial charge in [-0.05, 0) is 36.6 Å². The summed E-state index contributed by atoms with van der Waals surface area (Å²) in [5.41, 5.74) is 2.72. The number of aromatic nitrogens is 2. The fourth-order valence-corrected chi connectivity index (χ4v) is 4.92. The Balaban J connectivity index is 1.28. The number of nitro groups is 1. The van der Waals surface area contributed by atoms with Gasteiger partial charge in [-0.15, -0.1) is 0 Å². The van der Waals surface area contributed by atoms with Gasteiger partial charge in [-0.25, -0.2) is 9.97 Å². The van der Waals surface area contributed by atoms with Gasteiger partial charge < -0.3 is 20.3 Å². The van der Waals surface area contributed by atoms with Gasteiger partial charge in [0, 0.05) is 63.3 Å². The summed E-state index contributed by atoms with van der Waals surface area (Å²) in [7, 11) is 1.68. The molecule has 0 unspecified atom stereocenters. The number of nitro benzene ring substituents is 1. The summed E-state index contributed by atoms with van der Waals surface area (Å²) in [4.78, 5) is 25.0.